The summed E-state index contributed by atoms with van der Waals surface area (Å²) in [6.45, 7) is 1.79. The number of β-amino-alcohol motifs (C(OH)–C–C–N with tert-alkyl or cyclic N) is 1. The molecule has 3 rings (SSSR count). The van der Waals surface area contributed by atoms with E-state index in [9.17, 15) is 9.90 Å². The summed E-state index contributed by atoms with van der Waals surface area (Å²) in [5, 5.41) is 15.9. The first-order valence-electron chi connectivity index (χ1n) is 8.21. The molecule has 3 N–H and O–H groups in total. The molecule has 2 aromatic rings. The highest BCUT2D eigenvalue weighted by Crippen LogP contribution is 2.26. The zero-order valence-corrected chi connectivity index (χ0v) is 15.0. The third kappa shape index (κ3) is 4.51. The Bertz CT molecular complexity index is 696. The van der Waals surface area contributed by atoms with Crippen LogP contribution >= 0.6 is 12.4 Å². The van der Waals surface area contributed by atoms with Crippen molar-refractivity contribution in [3.8, 4) is 0 Å². The summed E-state index contributed by atoms with van der Waals surface area (Å²) in [6, 6.07) is 17.5. The Morgan fingerprint density at radius 1 is 1.16 bits per heavy atom. The molecule has 1 saturated heterocycles. The Kier molecular flexibility index (Phi) is 6.82. The predicted molar refractivity (Wildman–Crippen MR) is 103 cm³/mol. The van der Waals surface area contributed by atoms with Gasteiger partial charge in [0.25, 0.3) is 5.91 Å². The summed E-state index contributed by atoms with van der Waals surface area (Å²) < 4.78 is 0. The minimum absolute atomic E-state index is 0. The van der Waals surface area contributed by atoms with E-state index in [0.717, 1.165) is 17.9 Å². The third-order valence-electron chi connectivity index (χ3n) is 4.48. The van der Waals surface area contributed by atoms with E-state index in [-0.39, 0.29) is 24.2 Å². The zero-order valence-electron chi connectivity index (χ0n) is 14.2. The molecule has 1 aliphatic rings. The predicted octanol–water partition coefficient (Wildman–Crippen LogP) is 2.19. The molecule has 2 aromatic carbocycles. The van der Waals surface area contributed by atoms with Crippen LogP contribution in [0, 0.1) is 5.92 Å². The molecule has 6 heteroatoms. The Morgan fingerprint density at radius 3 is 2.52 bits per heavy atom. The number of para-hydroxylation sites is 2. The summed E-state index contributed by atoms with van der Waals surface area (Å²) in [7, 11) is 1.95. The SMILES string of the molecule is CN(c1ccccc1)c1ccccc1C(=O)NCC1CNCC1O.Cl. The van der Waals surface area contributed by atoms with Crippen molar-refractivity contribution < 1.29 is 9.90 Å². The van der Waals surface area contributed by atoms with Crippen molar-refractivity contribution in [3.63, 3.8) is 0 Å². The molecule has 1 fully saturated rings. The lowest BCUT2D eigenvalue weighted by Gasteiger charge is -2.22. The van der Waals surface area contributed by atoms with Crippen LogP contribution in [-0.4, -0.2) is 43.8 Å². The smallest absolute Gasteiger partial charge is 0.253 e. The number of halogens is 1. The number of nitrogens with one attached hydrogen (secondary N) is 2. The molecule has 0 saturated carbocycles. The molecule has 5 nitrogen and oxygen atoms in total. The minimum atomic E-state index is -0.396. The Balaban J connectivity index is 0.00000225. The lowest BCUT2D eigenvalue weighted by molar-refractivity contribution is 0.0927. The van der Waals surface area contributed by atoms with Crippen LogP contribution in [0.25, 0.3) is 0 Å². The Hall–Kier alpha value is -2.08. The van der Waals surface area contributed by atoms with Gasteiger partial charge in [0, 0.05) is 38.3 Å². The van der Waals surface area contributed by atoms with Gasteiger partial charge in [0.15, 0.2) is 0 Å². The lowest BCUT2D eigenvalue weighted by atomic mass is 10.1. The standard InChI is InChI=1S/C19H23N3O2.ClH/c1-22(15-7-3-2-4-8-15)17-10-6-5-9-16(17)19(24)21-12-14-11-20-13-18(14)23;/h2-10,14,18,20,23H,11-13H2,1H3,(H,21,24);1H. The maximum absolute atomic E-state index is 12.6. The van der Waals surface area contributed by atoms with Crippen LogP contribution in [0.1, 0.15) is 10.4 Å². The van der Waals surface area contributed by atoms with E-state index in [1.54, 1.807) is 0 Å². The van der Waals surface area contributed by atoms with Gasteiger partial charge >= 0.3 is 0 Å². The van der Waals surface area contributed by atoms with Crippen molar-refractivity contribution in [2.45, 2.75) is 6.10 Å². The molecule has 0 radical (unpaired) electrons. The summed E-state index contributed by atoms with van der Waals surface area (Å²) in [6.07, 6.45) is -0.396. The molecular weight excluding hydrogens is 338 g/mol. The molecule has 1 amide bonds. The van der Waals surface area contributed by atoms with Crippen molar-refractivity contribution in [1.29, 1.82) is 0 Å². The highest BCUT2D eigenvalue weighted by Gasteiger charge is 2.25. The number of aliphatic hydroxyl groups excluding tert-OH is 1. The number of anilines is 2. The van der Waals surface area contributed by atoms with Crippen molar-refractivity contribution >= 4 is 29.7 Å². The van der Waals surface area contributed by atoms with E-state index >= 15 is 0 Å². The van der Waals surface area contributed by atoms with E-state index in [2.05, 4.69) is 10.6 Å². The number of rotatable bonds is 5. The fourth-order valence-corrected chi connectivity index (χ4v) is 3.00. The second kappa shape index (κ2) is 8.85. The van der Waals surface area contributed by atoms with Crippen LogP contribution in [0.15, 0.2) is 54.6 Å². The molecule has 0 aliphatic carbocycles. The molecule has 2 atom stereocenters. The van der Waals surface area contributed by atoms with E-state index < -0.39 is 6.10 Å². The fourth-order valence-electron chi connectivity index (χ4n) is 3.00. The number of amides is 1. The topological polar surface area (TPSA) is 64.6 Å². The number of carbonyl (C=O) groups is 1. The first-order chi connectivity index (χ1) is 11.7. The van der Waals surface area contributed by atoms with Gasteiger partial charge in [0.05, 0.1) is 17.4 Å². The Labute approximate surface area is 154 Å². The normalized spacial score (nSPS) is 19.1. The number of hydrogen-bond donors (Lipinski definition) is 3. The van der Waals surface area contributed by atoms with Gasteiger partial charge < -0.3 is 20.6 Å². The van der Waals surface area contributed by atoms with Gasteiger partial charge in [-0.15, -0.1) is 12.4 Å². The van der Waals surface area contributed by atoms with E-state index in [4.69, 9.17) is 0 Å². The maximum atomic E-state index is 12.6. The summed E-state index contributed by atoms with van der Waals surface area (Å²) in [5.41, 5.74) is 2.50. The van der Waals surface area contributed by atoms with E-state index in [1.165, 1.54) is 0 Å². The fraction of sp³-hybridized carbons (Fsp3) is 0.316. The van der Waals surface area contributed by atoms with Gasteiger partial charge in [-0.25, -0.2) is 0 Å². The van der Waals surface area contributed by atoms with Gasteiger partial charge in [0.1, 0.15) is 0 Å². The minimum Gasteiger partial charge on any atom is -0.391 e. The number of nitrogens with zero attached hydrogens (tertiary/aromatic N) is 1. The van der Waals surface area contributed by atoms with Crippen LogP contribution in [0.4, 0.5) is 11.4 Å². The first kappa shape index (κ1) is 19.2. The van der Waals surface area contributed by atoms with Crippen molar-refractivity contribution in [2.75, 3.05) is 31.6 Å². The van der Waals surface area contributed by atoms with E-state index in [0.29, 0.717) is 18.7 Å². The van der Waals surface area contributed by atoms with Crippen LogP contribution in [0.3, 0.4) is 0 Å². The van der Waals surface area contributed by atoms with Gasteiger partial charge in [0.2, 0.25) is 0 Å². The van der Waals surface area contributed by atoms with Gasteiger partial charge in [-0.05, 0) is 24.3 Å². The molecular formula is C19H24ClN3O2. The molecule has 2 unspecified atom stereocenters. The number of carbonyl (C=O) groups excluding carboxylic acids is 1. The van der Waals surface area contributed by atoms with Crippen molar-refractivity contribution in [1.82, 2.24) is 10.6 Å². The maximum Gasteiger partial charge on any atom is 0.253 e. The molecule has 1 aliphatic heterocycles. The van der Waals surface area contributed by atoms with Gasteiger partial charge in [-0.1, -0.05) is 30.3 Å². The van der Waals surface area contributed by atoms with Crippen molar-refractivity contribution in [2.24, 2.45) is 5.92 Å². The molecule has 0 spiro atoms. The van der Waals surface area contributed by atoms with Crippen molar-refractivity contribution in [3.05, 3.63) is 60.2 Å². The third-order valence-corrected chi connectivity index (χ3v) is 4.48. The average molecular weight is 362 g/mol. The van der Waals surface area contributed by atoms with Crippen LogP contribution < -0.4 is 15.5 Å². The molecule has 25 heavy (non-hydrogen) atoms. The second-order valence-corrected chi connectivity index (χ2v) is 6.11. The zero-order chi connectivity index (χ0) is 16.9. The summed E-state index contributed by atoms with van der Waals surface area (Å²) in [4.78, 5) is 14.6. The van der Waals surface area contributed by atoms with Crippen LogP contribution in [-0.2, 0) is 0 Å². The van der Waals surface area contributed by atoms with E-state index in [1.807, 2.05) is 66.5 Å². The second-order valence-electron chi connectivity index (χ2n) is 6.11. The summed E-state index contributed by atoms with van der Waals surface area (Å²) >= 11 is 0. The molecule has 1 heterocycles. The number of hydrogen-bond acceptors (Lipinski definition) is 4. The Morgan fingerprint density at radius 2 is 1.84 bits per heavy atom. The number of benzene rings is 2. The highest BCUT2D eigenvalue weighted by atomic mass is 35.5. The van der Waals surface area contributed by atoms with Crippen LogP contribution in [0.5, 0.6) is 0 Å². The quantitative estimate of drug-likeness (QED) is 0.763. The van der Waals surface area contributed by atoms with Crippen LogP contribution in [0.2, 0.25) is 0 Å². The highest BCUT2D eigenvalue weighted by molar-refractivity contribution is 6.00. The van der Waals surface area contributed by atoms with Gasteiger partial charge in [-0.3, -0.25) is 4.79 Å². The largest absolute Gasteiger partial charge is 0.391 e. The first-order valence-corrected chi connectivity index (χ1v) is 8.21. The monoisotopic (exact) mass is 361 g/mol. The molecule has 0 aromatic heterocycles. The number of aliphatic hydroxyl groups is 1. The average Bonchev–Trinajstić information content (AvgIpc) is 3.05. The summed E-state index contributed by atoms with van der Waals surface area (Å²) in [5.74, 6) is -0.0551. The van der Waals surface area contributed by atoms with Gasteiger partial charge in [-0.2, -0.15) is 0 Å². The lowest BCUT2D eigenvalue weighted by Crippen LogP contribution is -2.34. The molecule has 0 bridgehead atoms. The molecule has 134 valence electrons.